The topological polar surface area (TPSA) is 54.0 Å². The summed E-state index contributed by atoms with van der Waals surface area (Å²) in [7, 11) is 0. The molecule has 1 aromatic heterocycles. The molecule has 0 aliphatic carbocycles. The van der Waals surface area contributed by atoms with E-state index in [1.54, 1.807) is 48.5 Å². The number of aromatic nitrogens is 1. The van der Waals surface area contributed by atoms with Crippen LogP contribution in [0.5, 0.6) is 0 Å². The van der Waals surface area contributed by atoms with E-state index in [4.69, 9.17) is 23.2 Å². The van der Waals surface area contributed by atoms with Crippen LogP contribution in [0.25, 0.3) is 0 Å². The smallest absolute Gasteiger partial charge is 0.270 e. The second kappa shape index (κ2) is 8.17. The zero-order valence-corrected chi connectivity index (χ0v) is 15.0. The standard InChI is InChI=1S/C19H14Cl2FN3O/c20-14-5-3-6-15(21)18(14)25-13-8-9-23-17(10-13)19(26)24-11-12-4-1-2-7-16(12)22/h1-10H,11H2,(H,23,25)(H,24,26). The van der Waals surface area contributed by atoms with E-state index in [0.717, 1.165) is 0 Å². The van der Waals surface area contributed by atoms with Crippen LogP contribution in [-0.2, 0) is 6.54 Å². The highest BCUT2D eigenvalue weighted by atomic mass is 35.5. The number of carbonyl (C=O) groups is 1. The van der Waals surface area contributed by atoms with Crippen LogP contribution in [0.3, 0.4) is 0 Å². The molecular weight excluding hydrogens is 376 g/mol. The predicted octanol–water partition coefficient (Wildman–Crippen LogP) is 5.20. The van der Waals surface area contributed by atoms with Gasteiger partial charge in [-0.25, -0.2) is 4.39 Å². The Balaban J connectivity index is 1.72. The summed E-state index contributed by atoms with van der Waals surface area (Å²) in [6.45, 7) is 0.0706. The Morgan fingerprint density at radius 3 is 2.50 bits per heavy atom. The maximum absolute atomic E-state index is 13.6. The molecule has 3 rings (SSSR count). The second-order valence-corrected chi connectivity index (χ2v) is 6.24. The zero-order chi connectivity index (χ0) is 18.5. The molecule has 26 heavy (non-hydrogen) atoms. The molecule has 7 heteroatoms. The van der Waals surface area contributed by atoms with Crippen LogP contribution >= 0.6 is 23.2 Å². The Labute approximate surface area is 160 Å². The molecule has 0 spiro atoms. The third-order valence-electron chi connectivity index (χ3n) is 3.62. The molecule has 0 radical (unpaired) electrons. The lowest BCUT2D eigenvalue weighted by atomic mass is 10.2. The average molecular weight is 390 g/mol. The Morgan fingerprint density at radius 2 is 1.77 bits per heavy atom. The van der Waals surface area contributed by atoms with Crippen LogP contribution in [-0.4, -0.2) is 10.9 Å². The molecule has 0 unspecified atom stereocenters. The average Bonchev–Trinajstić information content (AvgIpc) is 2.64. The van der Waals surface area contributed by atoms with Crippen molar-refractivity contribution in [3.63, 3.8) is 0 Å². The van der Waals surface area contributed by atoms with Crippen molar-refractivity contribution >= 4 is 40.5 Å². The van der Waals surface area contributed by atoms with E-state index < -0.39 is 5.91 Å². The highest BCUT2D eigenvalue weighted by Gasteiger charge is 2.11. The van der Waals surface area contributed by atoms with Crippen LogP contribution in [0.2, 0.25) is 10.0 Å². The van der Waals surface area contributed by atoms with Crippen molar-refractivity contribution < 1.29 is 9.18 Å². The molecule has 3 aromatic rings. The summed E-state index contributed by atoms with van der Waals surface area (Å²) in [5, 5.41) is 6.64. The molecule has 0 fully saturated rings. The van der Waals surface area contributed by atoms with Gasteiger partial charge in [0.2, 0.25) is 0 Å². The first kappa shape index (κ1) is 18.2. The number of nitrogens with zero attached hydrogens (tertiary/aromatic N) is 1. The van der Waals surface area contributed by atoms with Gasteiger partial charge in [-0.1, -0.05) is 47.5 Å². The van der Waals surface area contributed by atoms with Gasteiger partial charge in [0.25, 0.3) is 5.91 Å². The summed E-state index contributed by atoms with van der Waals surface area (Å²) in [5.74, 6) is -0.785. The fourth-order valence-corrected chi connectivity index (χ4v) is 2.79. The summed E-state index contributed by atoms with van der Waals surface area (Å²) >= 11 is 12.3. The Bertz CT molecular complexity index is 929. The summed E-state index contributed by atoms with van der Waals surface area (Å²) in [5.41, 5.74) is 1.73. The predicted molar refractivity (Wildman–Crippen MR) is 102 cm³/mol. The van der Waals surface area contributed by atoms with Crippen molar-refractivity contribution in [1.82, 2.24) is 10.3 Å². The van der Waals surface area contributed by atoms with Gasteiger partial charge in [0.1, 0.15) is 11.5 Å². The molecule has 0 aliphatic heterocycles. The van der Waals surface area contributed by atoms with Crippen molar-refractivity contribution in [2.75, 3.05) is 5.32 Å². The lowest BCUT2D eigenvalue weighted by Crippen LogP contribution is -2.24. The third kappa shape index (κ3) is 4.31. The number of amides is 1. The van der Waals surface area contributed by atoms with E-state index in [1.807, 2.05) is 0 Å². The molecular formula is C19H14Cl2FN3O. The molecule has 1 amide bonds. The van der Waals surface area contributed by atoms with Gasteiger partial charge in [-0.05, 0) is 30.3 Å². The second-order valence-electron chi connectivity index (χ2n) is 5.43. The minimum atomic E-state index is -0.415. The molecule has 0 saturated heterocycles. The minimum Gasteiger partial charge on any atom is -0.353 e. The van der Waals surface area contributed by atoms with Crippen molar-refractivity contribution in [3.05, 3.63) is 87.9 Å². The summed E-state index contributed by atoms with van der Waals surface area (Å²) in [6, 6.07) is 14.7. The van der Waals surface area contributed by atoms with Gasteiger partial charge >= 0.3 is 0 Å². The number of anilines is 2. The van der Waals surface area contributed by atoms with Crippen LogP contribution in [0.15, 0.2) is 60.8 Å². The monoisotopic (exact) mass is 389 g/mol. The van der Waals surface area contributed by atoms with E-state index in [1.165, 1.54) is 12.3 Å². The summed E-state index contributed by atoms with van der Waals surface area (Å²) < 4.78 is 13.6. The number of para-hydroxylation sites is 1. The number of hydrogen-bond donors (Lipinski definition) is 2. The Kier molecular flexibility index (Phi) is 5.71. The van der Waals surface area contributed by atoms with E-state index in [0.29, 0.717) is 27.0 Å². The number of benzene rings is 2. The molecule has 2 aromatic carbocycles. The molecule has 0 aliphatic rings. The van der Waals surface area contributed by atoms with Crippen LogP contribution < -0.4 is 10.6 Å². The number of carbonyl (C=O) groups excluding carboxylic acids is 1. The van der Waals surface area contributed by atoms with Gasteiger partial charge in [0, 0.05) is 24.0 Å². The van der Waals surface area contributed by atoms with E-state index in [-0.39, 0.29) is 18.1 Å². The van der Waals surface area contributed by atoms with Crippen molar-refractivity contribution in [2.24, 2.45) is 0 Å². The lowest BCUT2D eigenvalue weighted by Gasteiger charge is -2.11. The number of rotatable bonds is 5. The van der Waals surface area contributed by atoms with Crippen molar-refractivity contribution in [2.45, 2.75) is 6.54 Å². The molecule has 132 valence electrons. The largest absolute Gasteiger partial charge is 0.353 e. The third-order valence-corrected chi connectivity index (χ3v) is 4.25. The number of pyridine rings is 1. The van der Waals surface area contributed by atoms with Crippen LogP contribution in [0, 0.1) is 5.82 Å². The molecule has 2 N–H and O–H groups in total. The molecule has 1 heterocycles. The zero-order valence-electron chi connectivity index (χ0n) is 13.5. The maximum atomic E-state index is 13.6. The van der Waals surface area contributed by atoms with Crippen molar-refractivity contribution in [3.8, 4) is 0 Å². The lowest BCUT2D eigenvalue weighted by molar-refractivity contribution is 0.0945. The Morgan fingerprint density at radius 1 is 1.04 bits per heavy atom. The fraction of sp³-hybridized carbons (Fsp3) is 0.0526. The summed E-state index contributed by atoms with van der Waals surface area (Å²) in [6.07, 6.45) is 1.49. The first-order valence-electron chi connectivity index (χ1n) is 7.73. The van der Waals surface area contributed by atoms with Gasteiger partial charge in [0.05, 0.1) is 15.7 Å². The quantitative estimate of drug-likeness (QED) is 0.630. The van der Waals surface area contributed by atoms with Crippen LogP contribution in [0.4, 0.5) is 15.8 Å². The molecule has 4 nitrogen and oxygen atoms in total. The normalized spacial score (nSPS) is 10.4. The van der Waals surface area contributed by atoms with Gasteiger partial charge < -0.3 is 10.6 Å². The summed E-state index contributed by atoms with van der Waals surface area (Å²) in [4.78, 5) is 16.3. The number of nitrogens with one attached hydrogen (secondary N) is 2. The minimum absolute atomic E-state index is 0.0706. The highest BCUT2D eigenvalue weighted by molar-refractivity contribution is 6.39. The maximum Gasteiger partial charge on any atom is 0.270 e. The highest BCUT2D eigenvalue weighted by Crippen LogP contribution is 2.32. The van der Waals surface area contributed by atoms with Gasteiger partial charge in [-0.2, -0.15) is 0 Å². The van der Waals surface area contributed by atoms with Gasteiger partial charge in [0.15, 0.2) is 0 Å². The van der Waals surface area contributed by atoms with Crippen LogP contribution in [0.1, 0.15) is 16.1 Å². The first-order chi connectivity index (χ1) is 12.5. The molecule has 0 saturated carbocycles. The number of hydrogen-bond acceptors (Lipinski definition) is 3. The first-order valence-corrected chi connectivity index (χ1v) is 8.49. The van der Waals surface area contributed by atoms with E-state index >= 15 is 0 Å². The van der Waals surface area contributed by atoms with Gasteiger partial charge in [-0.3, -0.25) is 9.78 Å². The SMILES string of the molecule is O=C(NCc1ccccc1F)c1cc(Nc2c(Cl)cccc2Cl)ccn1. The molecule has 0 atom stereocenters. The fourth-order valence-electron chi connectivity index (χ4n) is 2.30. The van der Waals surface area contributed by atoms with Gasteiger partial charge in [-0.15, -0.1) is 0 Å². The van der Waals surface area contributed by atoms with Crippen molar-refractivity contribution in [1.29, 1.82) is 0 Å². The number of halogens is 3. The van der Waals surface area contributed by atoms with E-state index in [2.05, 4.69) is 15.6 Å². The Hall–Kier alpha value is -2.63. The molecule has 0 bridgehead atoms. The van der Waals surface area contributed by atoms with E-state index in [9.17, 15) is 9.18 Å².